The van der Waals surface area contributed by atoms with E-state index in [2.05, 4.69) is 4.99 Å². The van der Waals surface area contributed by atoms with Gasteiger partial charge in [-0.25, -0.2) is 8.78 Å². The molecular weight excluding hydrogens is 238 g/mol. The monoisotopic (exact) mass is 254 g/mol. The van der Waals surface area contributed by atoms with Gasteiger partial charge >= 0.3 is 0 Å². The summed E-state index contributed by atoms with van der Waals surface area (Å²) in [6, 6.07) is 3.50. The normalized spacial score (nSPS) is 17.2. The Morgan fingerprint density at radius 2 is 1.89 bits per heavy atom. The van der Waals surface area contributed by atoms with E-state index in [-0.39, 0.29) is 0 Å². The van der Waals surface area contributed by atoms with Gasteiger partial charge in [0.15, 0.2) is 5.96 Å². The minimum atomic E-state index is -0.427. The Balaban J connectivity index is 2.08. The van der Waals surface area contributed by atoms with E-state index in [4.69, 9.17) is 5.73 Å². The van der Waals surface area contributed by atoms with Gasteiger partial charge in [-0.3, -0.25) is 4.99 Å². The summed E-state index contributed by atoms with van der Waals surface area (Å²) in [4.78, 5) is 7.65. The van der Waals surface area contributed by atoms with Crippen molar-refractivity contribution in [1.82, 2.24) is 4.90 Å². The maximum Gasteiger partial charge on any atom is 0.191 e. The van der Waals surface area contributed by atoms with Gasteiger partial charge in [0.05, 0.1) is 5.69 Å². The minimum Gasteiger partial charge on any atom is -0.370 e. The van der Waals surface area contributed by atoms with Crippen molar-refractivity contribution < 1.29 is 8.78 Å². The maximum absolute atomic E-state index is 13.6. The molecule has 6 heteroatoms. The number of hydrogen-bond donors (Lipinski definition) is 1. The van der Waals surface area contributed by atoms with Crippen LogP contribution >= 0.6 is 0 Å². The predicted octanol–water partition coefficient (Wildman–Crippen LogP) is 1.03. The number of piperazine rings is 1. The van der Waals surface area contributed by atoms with Crippen LogP contribution in [0.15, 0.2) is 23.2 Å². The number of nitrogens with two attached hydrogens (primary N) is 1. The van der Waals surface area contributed by atoms with Gasteiger partial charge < -0.3 is 15.5 Å². The highest BCUT2D eigenvalue weighted by atomic mass is 19.1. The summed E-state index contributed by atoms with van der Waals surface area (Å²) in [6.07, 6.45) is 0. The van der Waals surface area contributed by atoms with Crippen LogP contribution in [0.3, 0.4) is 0 Å². The van der Waals surface area contributed by atoms with Gasteiger partial charge in [-0.2, -0.15) is 0 Å². The van der Waals surface area contributed by atoms with Crippen LogP contribution in [0.4, 0.5) is 14.5 Å². The summed E-state index contributed by atoms with van der Waals surface area (Å²) in [5.74, 6) is -0.347. The van der Waals surface area contributed by atoms with E-state index in [1.807, 2.05) is 9.80 Å². The van der Waals surface area contributed by atoms with E-state index in [1.54, 1.807) is 7.05 Å². The molecule has 0 aliphatic carbocycles. The summed E-state index contributed by atoms with van der Waals surface area (Å²) in [7, 11) is 1.63. The molecule has 0 bridgehead atoms. The van der Waals surface area contributed by atoms with E-state index in [9.17, 15) is 8.78 Å². The molecule has 0 atom stereocenters. The first kappa shape index (κ1) is 12.6. The Labute approximate surface area is 105 Å². The lowest BCUT2D eigenvalue weighted by atomic mass is 10.2. The second-order valence-electron chi connectivity index (χ2n) is 4.15. The summed E-state index contributed by atoms with van der Waals surface area (Å²) < 4.78 is 26.7. The van der Waals surface area contributed by atoms with E-state index in [1.165, 1.54) is 6.07 Å². The molecule has 2 N–H and O–H groups in total. The van der Waals surface area contributed by atoms with Crippen LogP contribution in [0.5, 0.6) is 0 Å². The molecule has 1 aromatic rings. The average molecular weight is 254 g/mol. The molecule has 2 rings (SSSR count). The zero-order valence-electron chi connectivity index (χ0n) is 10.2. The van der Waals surface area contributed by atoms with E-state index in [0.29, 0.717) is 37.8 Å². The van der Waals surface area contributed by atoms with Gasteiger partial charge in [0.25, 0.3) is 0 Å². The van der Waals surface area contributed by atoms with Crippen molar-refractivity contribution in [1.29, 1.82) is 0 Å². The van der Waals surface area contributed by atoms with Crippen LogP contribution < -0.4 is 10.6 Å². The fraction of sp³-hybridized carbons (Fsp3) is 0.417. The molecule has 0 aromatic heterocycles. The maximum atomic E-state index is 13.6. The highest BCUT2D eigenvalue weighted by Gasteiger charge is 2.20. The molecule has 0 unspecified atom stereocenters. The van der Waals surface area contributed by atoms with Gasteiger partial charge in [-0.15, -0.1) is 0 Å². The fourth-order valence-electron chi connectivity index (χ4n) is 2.05. The summed E-state index contributed by atoms with van der Waals surface area (Å²) in [6.45, 7) is 2.49. The molecule has 1 saturated heterocycles. The first-order valence-corrected chi connectivity index (χ1v) is 5.79. The Bertz CT molecular complexity index is 453. The molecule has 1 aliphatic rings. The third-order valence-corrected chi connectivity index (χ3v) is 3.08. The Morgan fingerprint density at radius 3 is 2.50 bits per heavy atom. The highest BCUT2D eigenvalue weighted by molar-refractivity contribution is 5.78. The lowest BCUT2D eigenvalue weighted by Gasteiger charge is -2.36. The predicted molar refractivity (Wildman–Crippen MR) is 67.7 cm³/mol. The molecule has 1 heterocycles. The second kappa shape index (κ2) is 5.20. The zero-order valence-corrected chi connectivity index (χ0v) is 10.2. The third-order valence-electron chi connectivity index (χ3n) is 3.08. The lowest BCUT2D eigenvalue weighted by Crippen LogP contribution is -2.51. The number of aliphatic imine (C=N–C) groups is 1. The molecule has 1 fully saturated rings. The SMILES string of the molecule is CN=C(N)N1CCN(c2cc(F)ccc2F)CC1. The Hall–Kier alpha value is -1.85. The Morgan fingerprint density at radius 1 is 1.22 bits per heavy atom. The van der Waals surface area contributed by atoms with E-state index in [0.717, 1.165) is 12.1 Å². The van der Waals surface area contributed by atoms with Gasteiger partial charge in [0.2, 0.25) is 0 Å². The molecule has 4 nitrogen and oxygen atoms in total. The van der Waals surface area contributed by atoms with Crippen molar-refractivity contribution in [2.45, 2.75) is 0 Å². The average Bonchev–Trinajstić information content (AvgIpc) is 2.41. The van der Waals surface area contributed by atoms with Crippen LogP contribution in [0.2, 0.25) is 0 Å². The van der Waals surface area contributed by atoms with Gasteiger partial charge in [0.1, 0.15) is 11.6 Å². The van der Waals surface area contributed by atoms with Crippen molar-refractivity contribution >= 4 is 11.6 Å². The first-order valence-electron chi connectivity index (χ1n) is 5.79. The van der Waals surface area contributed by atoms with E-state index >= 15 is 0 Å². The quantitative estimate of drug-likeness (QED) is 0.601. The smallest absolute Gasteiger partial charge is 0.191 e. The fourth-order valence-corrected chi connectivity index (χ4v) is 2.05. The summed E-state index contributed by atoms with van der Waals surface area (Å²) in [5, 5.41) is 0. The van der Waals surface area contributed by atoms with Crippen LogP contribution in [0, 0.1) is 11.6 Å². The van der Waals surface area contributed by atoms with Crippen molar-refractivity contribution in [2.75, 3.05) is 38.1 Å². The number of benzene rings is 1. The van der Waals surface area contributed by atoms with Crippen LogP contribution in [-0.2, 0) is 0 Å². The van der Waals surface area contributed by atoms with Crippen LogP contribution in [0.1, 0.15) is 0 Å². The third kappa shape index (κ3) is 2.52. The standard InChI is InChI=1S/C12H16F2N4/c1-16-12(15)18-6-4-17(5-7-18)11-8-9(13)2-3-10(11)14/h2-3,8H,4-7H2,1H3,(H2,15,16). The first-order chi connectivity index (χ1) is 8.61. The summed E-state index contributed by atoms with van der Waals surface area (Å²) >= 11 is 0. The van der Waals surface area contributed by atoms with Gasteiger partial charge in [-0.05, 0) is 12.1 Å². The number of guanidine groups is 1. The molecular formula is C12H16F2N4. The minimum absolute atomic E-state index is 0.307. The lowest BCUT2D eigenvalue weighted by molar-refractivity contribution is 0.379. The van der Waals surface area contributed by atoms with Gasteiger partial charge in [-0.1, -0.05) is 0 Å². The summed E-state index contributed by atoms with van der Waals surface area (Å²) in [5.41, 5.74) is 6.02. The number of hydrogen-bond acceptors (Lipinski definition) is 2. The molecule has 0 amide bonds. The van der Waals surface area contributed by atoms with Gasteiger partial charge in [0, 0.05) is 39.3 Å². The van der Waals surface area contributed by atoms with Crippen molar-refractivity contribution in [3.8, 4) is 0 Å². The number of halogens is 2. The number of anilines is 1. The number of nitrogens with zero attached hydrogens (tertiary/aromatic N) is 3. The second-order valence-corrected chi connectivity index (χ2v) is 4.15. The molecule has 1 aliphatic heterocycles. The number of rotatable bonds is 1. The topological polar surface area (TPSA) is 44.9 Å². The van der Waals surface area contributed by atoms with E-state index < -0.39 is 11.6 Å². The van der Waals surface area contributed by atoms with Crippen molar-refractivity contribution in [3.05, 3.63) is 29.8 Å². The molecule has 0 radical (unpaired) electrons. The molecule has 98 valence electrons. The van der Waals surface area contributed by atoms with Crippen molar-refractivity contribution in [3.63, 3.8) is 0 Å². The highest BCUT2D eigenvalue weighted by Crippen LogP contribution is 2.21. The molecule has 0 saturated carbocycles. The molecule has 0 spiro atoms. The van der Waals surface area contributed by atoms with Crippen molar-refractivity contribution in [2.24, 2.45) is 10.7 Å². The zero-order chi connectivity index (χ0) is 13.1. The molecule has 18 heavy (non-hydrogen) atoms. The Kier molecular flexibility index (Phi) is 3.64. The van der Waals surface area contributed by atoms with Crippen LogP contribution in [-0.4, -0.2) is 44.1 Å². The molecule has 1 aromatic carbocycles. The largest absolute Gasteiger partial charge is 0.370 e. The van der Waals surface area contributed by atoms with Crippen LogP contribution in [0.25, 0.3) is 0 Å².